The van der Waals surface area contributed by atoms with Crippen molar-refractivity contribution < 1.29 is 5.21 Å². The van der Waals surface area contributed by atoms with Crippen LogP contribution in [0, 0.1) is 0 Å². The van der Waals surface area contributed by atoms with E-state index in [9.17, 15) is 0 Å². The van der Waals surface area contributed by atoms with E-state index in [1.807, 2.05) is 43.6 Å². The van der Waals surface area contributed by atoms with Crippen LogP contribution in [0.4, 0.5) is 17.8 Å². The van der Waals surface area contributed by atoms with E-state index < -0.39 is 0 Å². The zero-order valence-electron chi connectivity index (χ0n) is 12.7. The standard InChI is InChI=1S/C14H21N7O/c1-9(2)17-13-18-12(19-14(20-13)21-22)16-8-11-5-3-10(7-15)4-6-11/h3-6,9,22H,7-8,15H2,1-2H3,(H3,16,17,18,19,20,21). The monoisotopic (exact) mass is 303 g/mol. The summed E-state index contributed by atoms with van der Waals surface area (Å²) in [6, 6.07) is 8.13. The van der Waals surface area contributed by atoms with Crippen molar-refractivity contribution >= 4 is 17.8 Å². The van der Waals surface area contributed by atoms with Crippen LogP contribution in [0.15, 0.2) is 24.3 Å². The first-order valence-corrected chi connectivity index (χ1v) is 7.05. The molecule has 1 heterocycles. The SMILES string of the molecule is CC(C)Nc1nc(NO)nc(NCc2ccc(CN)cc2)n1. The summed E-state index contributed by atoms with van der Waals surface area (Å²) in [5.74, 6) is 0.847. The number of anilines is 3. The van der Waals surface area contributed by atoms with Crippen molar-refractivity contribution in [1.82, 2.24) is 15.0 Å². The fourth-order valence-electron chi connectivity index (χ4n) is 1.80. The largest absolute Gasteiger partial charge is 0.352 e. The molecule has 0 aliphatic carbocycles. The maximum absolute atomic E-state index is 8.99. The molecule has 0 radical (unpaired) electrons. The normalized spacial score (nSPS) is 10.6. The van der Waals surface area contributed by atoms with E-state index in [4.69, 9.17) is 10.9 Å². The molecule has 22 heavy (non-hydrogen) atoms. The van der Waals surface area contributed by atoms with Crippen LogP contribution in [0.3, 0.4) is 0 Å². The van der Waals surface area contributed by atoms with Crippen LogP contribution in [0.5, 0.6) is 0 Å². The van der Waals surface area contributed by atoms with Gasteiger partial charge in [0.2, 0.25) is 11.9 Å². The lowest BCUT2D eigenvalue weighted by Gasteiger charge is -2.11. The van der Waals surface area contributed by atoms with E-state index in [1.54, 1.807) is 0 Å². The molecule has 0 saturated carbocycles. The van der Waals surface area contributed by atoms with Crippen LogP contribution in [0.2, 0.25) is 0 Å². The number of nitrogens with one attached hydrogen (secondary N) is 3. The molecule has 1 aromatic heterocycles. The number of nitrogens with zero attached hydrogens (tertiary/aromatic N) is 3. The van der Waals surface area contributed by atoms with Gasteiger partial charge >= 0.3 is 0 Å². The second-order valence-electron chi connectivity index (χ2n) is 5.09. The number of aromatic nitrogens is 3. The quantitative estimate of drug-likeness (QED) is 0.489. The van der Waals surface area contributed by atoms with Gasteiger partial charge in [-0.15, -0.1) is 0 Å². The summed E-state index contributed by atoms with van der Waals surface area (Å²) >= 11 is 0. The van der Waals surface area contributed by atoms with Crippen molar-refractivity contribution in [3.63, 3.8) is 0 Å². The molecule has 8 heteroatoms. The highest BCUT2D eigenvalue weighted by atomic mass is 16.5. The van der Waals surface area contributed by atoms with Crippen molar-refractivity contribution in [2.45, 2.75) is 33.0 Å². The van der Waals surface area contributed by atoms with Gasteiger partial charge in [0.15, 0.2) is 0 Å². The lowest BCUT2D eigenvalue weighted by molar-refractivity contribution is 0.382. The molecule has 0 spiro atoms. The van der Waals surface area contributed by atoms with E-state index in [0.29, 0.717) is 25.0 Å². The van der Waals surface area contributed by atoms with Gasteiger partial charge in [-0.2, -0.15) is 15.0 Å². The van der Waals surface area contributed by atoms with Crippen LogP contribution < -0.4 is 21.8 Å². The van der Waals surface area contributed by atoms with Crippen LogP contribution in [0.1, 0.15) is 25.0 Å². The lowest BCUT2D eigenvalue weighted by atomic mass is 10.1. The molecule has 8 nitrogen and oxygen atoms in total. The van der Waals surface area contributed by atoms with Gasteiger partial charge in [-0.25, -0.2) is 5.48 Å². The average Bonchev–Trinajstić information content (AvgIpc) is 2.52. The summed E-state index contributed by atoms with van der Waals surface area (Å²) < 4.78 is 0. The molecular weight excluding hydrogens is 282 g/mol. The van der Waals surface area contributed by atoms with E-state index in [0.717, 1.165) is 11.1 Å². The zero-order chi connectivity index (χ0) is 15.9. The Morgan fingerprint density at radius 1 is 1.00 bits per heavy atom. The third kappa shape index (κ3) is 4.54. The Balaban J connectivity index is 2.07. The summed E-state index contributed by atoms with van der Waals surface area (Å²) in [6.45, 7) is 5.03. The van der Waals surface area contributed by atoms with Gasteiger partial charge in [-0.1, -0.05) is 24.3 Å². The Morgan fingerprint density at radius 3 is 2.18 bits per heavy atom. The molecular formula is C14H21N7O. The fourth-order valence-corrected chi connectivity index (χ4v) is 1.80. The van der Waals surface area contributed by atoms with Gasteiger partial charge in [0.25, 0.3) is 5.95 Å². The second kappa shape index (κ2) is 7.53. The van der Waals surface area contributed by atoms with Crippen molar-refractivity contribution in [3.8, 4) is 0 Å². The van der Waals surface area contributed by atoms with Crippen molar-refractivity contribution in [2.24, 2.45) is 5.73 Å². The highest BCUT2D eigenvalue weighted by Gasteiger charge is 2.07. The molecule has 118 valence electrons. The fraction of sp³-hybridized carbons (Fsp3) is 0.357. The molecule has 0 amide bonds. The predicted molar refractivity (Wildman–Crippen MR) is 85.7 cm³/mol. The Bertz CT molecular complexity index is 601. The highest BCUT2D eigenvalue weighted by Crippen LogP contribution is 2.11. The number of benzene rings is 1. The Hall–Kier alpha value is -2.45. The van der Waals surface area contributed by atoms with Crippen LogP contribution in [-0.4, -0.2) is 26.2 Å². The molecule has 1 aromatic carbocycles. The molecule has 0 bridgehead atoms. The molecule has 0 fully saturated rings. The van der Waals surface area contributed by atoms with Crippen molar-refractivity contribution in [2.75, 3.05) is 16.1 Å². The van der Waals surface area contributed by atoms with Gasteiger partial charge in [-0.3, -0.25) is 5.21 Å². The molecule has 0 saturated heterocycles. The smallest absolute Gasteiger partial charge is 0.253 e. The van der Waals surface area contributed by atoms with Gasteiger partial charge in [-0.05, 0) is 25.0 Å². The molecule has 2 aromatic rings. The average molecular weight is 303 g/mol. The number of rotatable bonds is 7. The molecule has 0 aliphatic heterocycles. The lowest BCUT2D eigenvalue weighted by Crippen LogP contribution is -2.15. The third-order valence-electron chi connectivity index (χ3n) is 2.86. The van der Waals surface area contributed by atoms with Crippen LogP contribution >= 0.6 is 0 Å². The van der Waals surface area contributed by atoms with Crippen LogP contribution in [-0.2, 0) is 13.1 Å². The van der Waals surface area contributed by atoms with Gasteiger partial charge in [0, 0.05) is 19.1 Å². The minimum Gasteiger partial charge on any atom is -0.352 e. The van der Waals surface area contributed by atoms with Crippen LogP contribution in [0.25, 0.3) is 0 Å². The molecule has 2 rings (SSSR count). The Labute approximate surface area is 129 Å². The maximum Gasteiger partial charge on any atom is 0.253 e. The number of hydrogen-bond acceptors (Lipinski definition) is 8. The molecule has 0 unspecified atom stereocenters. The minimum atomic E-state index is 0.0825. The van der Waals surface area contributed by atoms with E-state index in [-0.39, 0.29) is 12.0 Å². The summed E-state index contributed by atoms with van der Waals surface area (Å²) in [6.07, 6.45) is 0. The van der Waals surface area contributed by atoms with E-state index >= 15 is 0 Å². The topological polar surface area (TPSA) is 121 Å². The first-order chi connectivity index (χ1) is 10.6. The third-order valence-corrected chi connectivity index (χ3v) is 2.86. The van der Waals surface area contributed by atoms with Gasteiger partial charge in [0.05, 0.1) is 0 Å². The minimum absolute atomic E-state index is 0.0825. The van der Waals surface area contributed by atoms with Crippen molar-refractivity contribution in [3.05, 3.63) is 35.4 Å². The molecule has 0 aliphatic rings. The predicted octanol–water partition coefficient (Wildman–Crippen LogP) is 1.56. The Kier molecular flexibility index (Phi) is 5.45. The Morgan fingerprint density at radius 2 is 1.59 bits per heavy atom. The van der Waals surface area contributed by atoms with Gasteiger partial charge in [0.1, 0.15) is 0 Å². The van der Waals surface area contributed by atoms with Gasteiger partial charge < -0.3 is 16.4 Å². The first kappa shape index (κ1) is 15.9. The second-order valence-corrected chi connectivity index (χ2v) is 5.09. The number of hydrogen-bond donors (Lipinski definition) is 5. The highest BCUT2D eigenvalue weighted by molar-refractivity contribution is 5.42. The summed E-state index contributed by atoms with van der Waals surface area (Å²) in [5, 5.41) is 15.2. The number of nitrogens with two attached hydrogens (primary N) is 1. The summed E-state index contributed by atoms with van der Waals surface area (Å²) in [4.78, 5) is 12.3. The molecule has 0 atom stereocenters. The molecule has 6 N–H and O–H groups in total. The summed E-state index contributed by atoms with van der Waals surface area (Å²) in [7, 11) is 0. The van der Waals surface area contributed by atoms with Crippen molar-refractivity contribution in [1.29, 1.82) is 0 Å². The van der Waals surface area contributed by atoms with E-state index in [2.05, 4.69) is 25.6 Å². The maximum atomic E-state index is 8.99. The zero-order valence-corrected chi connectivity index (χ0v) is 12.7. The van der Waals surface area contributed by atoms with E-state index in [1.165, 1.54) is 0 Å². The summed E-state index contributed by atoms with van der Waals surface area (Å²) in [5.41, 5.74) is 9.67. The first-order valence-electron chi connectivity index (χ1n) is 7.05.